The lowest BCUT2D eigenvalue weighted by atomic mass is 9.99. The summed E-state index contributed by atoms with van der Waals surface area (Å²) in [5.74, 6) is 6.44. The van der Waals surface area contributed by atoms with Gasteiger partial charge in [-0.25, -0.2) is 9.97 Å². The molecule has 5 rings (SSSR count). The highest BCUT2D eigenvalue weighted by Gasteiger charge is 2.28. The minimum Gasteiger partial charge on any atom is -0.378 e. The molecule has 0 spiro atoms. The zero-order valence-electron chi connectivity index (χ0n) is 17.4. The molecular weight excluding hydrogens is 398 g/mol. The highest BCUT2D eigenvalue weighted by molar-refractivity contribution is 6.03. The lowest BCUT2D eigenvalue weighted by Crippen LogP contribution is -2.20. The Kier molecular flexibility index (Phi) is 4.86. The Hall–Kier alpha value is -4.13. The number of aromatic amines is 1. The number of nitriles is 1. The molecule has 0 aliphatic heterocycles. The molecule has 2 aromatic heterocycles. The molecule has 4 aromatic rings. The number of aromatic nitrogens is 3. The Morgan fingerprint density at radius 2 is 1.78 bits per heavy atom. The number of rotatable bonds is 2. The molecular formula is C26H21N5O. The number of aliphatic hydroxyl groups is 1. The first kappa shape index (κ1) is 19.8. The highest BCUT2D eigenvalue weighted by Crippen LogP contribution is 2.38. The summed E-state index contributed by atoms with van der Waals surface area (Å²) < 4.78 is 0. The summed E-state index contributed by atoms with van der Waals surface area (Å²) in [5.41, 5.74) is 10.7. The predicted molar refractivity (Wildman–Crippen MR) is 124 cm³/mol. The van der Waals surface area contributed by atoms with Crippen molar-refractivity contribution >= 4 is 16.9 Å². The van der Waals surface area contributed by atoms with Crippen LogP contribution in [-0.4, -0.2) is 25.7 Å². The summed E-state index contributed by atoms with van der Waals surface area (Å²) in [6, 6.07) is 17.3. The highest BCUT2D eigenvalue weighted by atomic mass is 16.3. The Labute approximate surface area is 185 Å². The minimum absolute atomic E-state index is 0.196. The molecule has 4 N–H and O–H groups in total. The van der Waals surface area contributed by atoms with Crippen LogP contribution in [0, 0.1) is 23.2 Å². The Bertz CT molecular complexity index is 1410. The number of nitrogens with one attached hydrogen (secondary N) is 1. The van der Waals surface area contributed by atoms with Gasteiger partial charge in [-0.2, -0.15) is 5.26 Å². The van der Waals surface area contributed by atoms with Gasteiger partial charge in [-0.15, -0.1) is 0 Å². The van der Waals surface area contributed by atoms with Crippen LogP contribution in [0.25, 0.3) is 33.4 Å². The molecule has 1 aliphatic carbocycles. The third-order valence-electron chi connectivity index (χ3n) is 5.90. The smallest absolute Gasteiger partial charge is 0.220 e. The van der Waals surface area contributed by atoms with E-state index in [1.807, 2.05) is 36.4 Å². The van der Waals surface area contributed by atoms with Crippen LogP contribution in [0.2, 0.25) is 0 Å². The van der Waals surface area contributed by atoms with E-state index in [1.165, 1.54) is 0 Å². The van der Waals surface area contributed by atoms with Crippen LogP contribution in [0.15, 0.2) is 54.7 Å². The van der Waals surface area contributed by atoms with Crippen LogP contribution in [0.4, 0.5) is 5.95 Å². The Balaban J connectivity index is 1.69. The second-order valence-corrected chi connectivity index (χ2v) is 8.11. The monoisotopic (exact) mass is 419 g/mol. The second kappa shape index (κ2) is 7.85. The average Bonchev–Trinajstić information content (AvgIpc) is 3.41. The van der Waals surface area contributed by atoms with E-state index in [0.717, 1.165) is 59.0 Å². The summed E-state index contributed by atoms with van der Waals surface area (Å²) in [6.07, 6.45) is 5.10. The molecule has 1 fully saturated rings. The van der Waals surface area contributed by atoms with E-state index in [0.29, 0.717) is 11.3 Å². The third-order valence-corrected chi connectivity index (χ3v) is 5.90. The van der Waals surface area contributed by atoms with Crippen molar-refractivity contribution < 1.29 is 5.11 Å². The van der Waals surface area contributed by atoms with Crippen molar-refractivity contribution in [2.75, 3.05) is 5.73 Å². The average molecular weight is 419 g/mol. The van der Waals surface area contributed by atoms with Gasteiger partial charge in [0.2, 0.25) is 5.95 Å². The molecule has 0 saturated heterocycles. The van der Waals surface area contributed by atoms with Gasteiger partial charge in [-0.1, -0.05) is 24.0 Å². The fourth-order valence-electron chi connectivity index (χ4n) is 4.25. The van der Waals surface area contributed by atoms with Crippen molar-refractivity contribution in [2.24, 2.45) is 0 Å². The van der Waals surface area contributed by atoms with Gasteiger partial charge < -0.3 is 15.8 Å². The number of anilines is 1. The van der Waals surface area contributed by atoms with Crippen LogP contribution in [0.3, 0.4) is 0 Å². The summed E-state index contributed by atoms with van der Waals surface area (Å²) >= 11 is 0. The maximum atomic E-state index is 10.6. The van der Waals surface area contributed by atoms with Crippen LogP contribution in [0.5, 0.6) is 0 Å². The van der Waals surface area contributed by atoms with Gasteiger partial charge in [0.15, 0.2) is 0 Å². The fraction of sp³-hybridized carbons (Fsp3) is 0.192. The van der Waals surface area contributed by atoms with E-state index < -0.39 is 5.60 Å². The van der Waals surface area contributed by atoms with Gasteiger partial charge in [0.25, 0.3) is 0 Å². The van der Waals surface area contributed by atoms with Crippen molar-refractivity contribution in [1.82, 2.24) is 15.0 Å². The number of H-pyrrole nitrogens is 1. The molecule has 6 heteroatoms. The lowest BCUT2D eigenvalue weighted by Gasteiger charge is -2.12. The first-order valence-electron chi connectivity index (χ1n) is 10.6. The first-order valence-corrected chi connectivity index (χ1v) is 10.6. The SMILES string of the molecule is N#Cc1ccc(-c2[nH]c3ccc(C#CC4(O)CCCC4)cc3c2-c2ccnc(N)n2)cc1. The van der Waals surface area contributed by atoms with Gasteiger partial charge >= 0.3 is 0 Å². The molecule has 0 atom stereocenters. The van der Waals surface area contributed by atoms with E-state index in [2.05, 4.69) is 32.9 Å². The lowest BCUT2D eigenvalue weighted by molar-refractivity contribution is 0.110. The molecule has 1 saturated carbocycles. The van der Waals surface area contributed by atoms with Gasteiger partial charge in [0, 0.05) is 28.2 Å². The summed E-state index contributed by atoms with van der Waals surface area (Å²) in [5, 5.41) is 20.7. The number of benzene rings is 2. The van der Waals surface area contributed by atoms with Crippen molar-refractivity contribution in [3.8, 4) is 40.4 Å². The number of nitrogen functional groups attached to an aromatic ring is 1. The molecule has 2 aromatic carbocycles. The van der Waals surface area contributed by atoms with E-state index in [-0.39, 0.29) is 5.95 Å². The van der Waals surface area contributed by atoms with Crippen LogP contribution < -0.4 is 5.73 Å². The number of fused-ring (bicyclic) bond motifs is 1. The molecule has 32 heavy (non-hydrogen) atoms. The number of nitrogens with two attached hydrogens (primary N) is 1. The predicted octanol–water partition coefficient (Wildman–Crippen LogP) is 4.40. The zero-order valence-corrected chi connectivity index (χ0v) is 17.4. The molecule has 0 unspecified atom stereocenters. The quantitative estimate of drug-likeness (QED) is 0.417. The Morgan fingerprint density at radius 3 is 2.50 bits per heavy atom. The van der Waals surface area contributed by atoms with Gasteiger partial charge in [0.1, 0.15) is 5.60 Å². The van der Waals surface area contributed by atoms with Crippen molar-refractivity contribution in [3.63, 3.8) is 0 Å². The van der Waals surface area contributed by atoms with Gasteiger partial charge in [-0.05, 0) is 67.6 Å². The standard InChI is InChI=1S/C26H21N5O/c27-16-18-3-6-19(7-4-18)24-23(22-10-14-29-25(28)31-22)20-15-17(5-8-21(20)30-24)9-13-26(32)11-1-2-12-26/h3-8,10,14-15,30,32H,1-2,11-12H2,(H2,28,29,31). The van der Waals surface area contributed by atoms with Crippen LogP contribution in [-0.2, 0) is 0 Å². The van der Waals surface area contributed by atoms with Crippen molar-refractivity contribution in [3.05, 3.63) is 65.9 Å². The normalized spacial score (nSPS) is 14.6. The number of hydrogen-bond acceptors (Lipinski definition) is 5. The van der Waals surface area contributed by atoms with Crippen molar-refractivity contribution in [1.29, 1.82) is 5.26 Å². The van der Waals surface area contributed by atoms with Crippen LogP contribution in [0.1, 0.15) is 36.8 Å². The Morgan fingerprint density at radius 1 is 1.03 bits per heavy atom. The summed E-state index contributed by atoms with van der Waals surface area (Å²) in [7, 11) is 0. The molecule has 6 nitrogen and oxygen atoms in total. The number of nitrogens with zero attached hydrogens (tertiary/aromatic N) is 3. The summed E-state index contributed by atoms with van der Waals surface area (Å²) in [4.78, 5) is 12.0. The van der Waals surface area contributed by atoms with Crippen LogP contribution >= 0.6 is 0 Å². The largest absolute Gasteiger partial charge is 0.378 e. The second-order valence-electron chi connectivity index (χ2n) is 8.11. The maximum absolute atomic E-state index is 10.6. The van der Waals surface area contributed by atoms with Gasteiger partial charge in [-0.3, -0.25) is 0 Å². The molecule has 0 radical (unpaired) electrons. The third kappa shape index (κ3) is 3.69. The minimum atomic E-state index is -0.884. The van der Waals surface area contributed by atoms with Crippen molar-refractivity contribution in [2.45, 2.75) is 31.3 Å². The fourth-order valence-corrected chi connectivity index (χ4v) is 4.25. The molecule has 0 bridgehead atoms. The molecule has 1 aliphatic rings. The van der Waals surface area contributed by atoms with E-state index in [9.17, 15) is 5.11 Å². The number of hydrogen-bond donors (Lipinski definition) is 3. The van der Waals surface area contributed by atoms with E-state index in [4.69, 9.17) is 11.0 Å². The maximum Gasteiger partial charge on any atom is 0.220 e. The molecule has 2 heterocycles. The van der Waals surface area contributed by atoms with E-state index in [1.54, 1.807) is 18.3 Å². The topological polar surface area (TPSA) is 112 Å². The molecule has 0 amide bonds. The van der Waals surface area contributed by atoms with Gasteiger partial charge in [0.05, 0.1) is 23.0 Å². The van der Waals surface area contributed by atoms with E-state index >= 15 is 0 Å². The summed E-state index contributed by atoms with van der Waals surface area (Å²) in [6.45, 7) is 0. The zero-order chi connectivity index (χ0) is 22.1. The molecule has 156 valence electrons. The first-order chi connectivity index (χ1) is 15.5.